The first-order valence-electron chi connectivity index (χ1n) is 27.8. The first kappa shape index (κ1) is 67.2. The number of rotatable bonds is 42. The topological polar surface area (TPSA) is 214 Å². The number of hydrogen-bond donors (Lipinski definition) is 7. The first-order valence-corrected chi connectivity index (χ1v) is 27.8. The Hall–Kier alpha value is -3.87. The molecule has 0 bridgehead atoms. The fourth-order valence-corrected chi connectivity index (χ4v) is 7.76. The van der Waals surface area contributed by atoms with Crippen LogP contribution in [-0.4, -0.2) is 142 Å². The molecule has 2 saturated heterocycles. The third-order valence-electron chi connectivity index (χ3n) is 12.2. The van der Waals surface area contributed by atoms with Crippen LogP contribution in [0.25, 0.3) is 0 Å². The lowest BCUT2D eigenvalue weighted by Gasteiger charge is -2.42. The lowest BCUT2D eigenvalue weighted by molar-refractivity contribution is -0.332. The van der Waals surface area contributed by atoms with E-state index in [1.807, 2.05) is 6.08 Å². The van der Waals surface area contributed by atoms with Gasteiger partial charge in [0.05, 0.1) is 33.0 Å². The summed E-state index contributed by atoms with van der Waals surface area (Å²) in [7, 11) is 0. The largest absolute Gasteiger partial charge is 0.457 e. The molecule has 75 heavy (non-hydrogen) atoms. The van der Waals surface area contributed by atoms with Gasteiger partial charge in [-0.3, -0.25) is 4.79 Å². The molecule has 0 saturated carbocycles. The van der Waals surface area contributed by atoms with Gasteiger partial charge in [-0.1, -0.05) is 173 Å². The number of aliphatic hydroxyl groups is 7. The molecule has 424 valence electrons. The molecule has 2 rings (SSSR count). The maximum Gasteiger partial charge on any atom is 0.306 e. The molecule has 0 aliphatic carbocycles. The Bertz CT molecular complexity index is 1740. The van der Waals surface area contributed by atoms with E-state index < -0.39 is 86.7 Å². The highest BCUT2D eigenvalue weighted by Gasteiger charge is 2.47. The molecule has 0 spiro atoms. The van der Waals surface area contributed by atoms with Crippen molar-refractivity contribution in [2.75, 3.05) is 33.0 Å². The predicted octanol–water partition coefficient (Wildman–Crippen LogP) is 9.52. The van der Waals surface area contributed by atoms with Crippen LogP contribution in [0.1, 0.15) is 142 Å². The number of hydrogen-bond acceptors (Lipinski definition) is 14. The van der Waals surface area contributed by atoms with E-state index in [0.29, 0.717) is 19.4 Å². The van der Waals surface area contributed by atoms with E-state index in [1.165, 1.54) is 0 Å². The summed E-state index contributed by atoms with van der Waals surface area (Å²) in [4.78, 5) is 13.1. The second-order valence-corrected chi connectivity index (χ2v) is 18.6. The molecular formula is C61H96O14. The zero-order chi connectivity index (χ0) is 54.4. The van der Waals surface area contributed by atoms with Crippen molar-refractivity contribution in [3.05, 3.63) is 134 Å². The Morgan fingerprint density at radius 3 is 1.29 bits per heavy atom. The lowest BCUT2D eigenvalue weighted by Crippen LogP contribution is -2.61. The molecular weight excluding hydrogens is 957 g/mol. The van der Waals surface area contributed by atoms with Crippen molar-refractivity contribution in [1.82, 2.24) is 0 Å². The Morgan fingerprint density at radius 2 is 0.827 bits per heavy atom. The lowest BCUT2D eigenvalue weighted by atomic mass is 9.98. The van der Waals surface area contributed by atoms with Crippen molar-refractivity contribution in [2.24, 2.45) is 0 Å². The van der Waals surface area contributed by atoms with Crippen LogP contribution < -0.4 is 0 Å². The zero-order valence-electron chi connectivity index (χ0n) is 45.2. The molecule has 11 unspecified atom stereocenters. The number of esters is 1. The van der Waals surface area contributed by atoms with Crippen molar-refractivity contribution in [3.63, 3.8) is 0 Å². The van der Waals surface area contributed by atoms with Crippen LogP contribution in [0, 0.1) is 0 Å². The maximum atomic E-state index is 13.1. The summed E-state index contributed by atoms with van der Waals surface area (Å²) in [5.41, 5.74) is 0. The van der Waals surface area contributed by atoms with Crippen molar-refractivity contribution in [1.29, 1.82) is 0 Å². The van der Waals surface area contributed by atoms with Gasteiger partial charge in [0.2, 0.25) is 0 Å². The summed E-state index contributed by atoms with van der Waals surface area (Å²) in [6, 6.07) is 0. The smallest absolute Gasteiger partial charge is 0.306 e. The average Bonchev–Trinajstić information content (AvgIpc) is 3.41. The standard InChI is InChI=1S/C61H96O14/c1-3-5-7-9-11-13-15-17-19-21-22-23-24-25-26-27-28-29-30-32-34-36-38-40-42-44-53(63)73-50(47-70-45-43-41-39-37-35-33-31-20-18-16-14-12-10-8-6-4-2)48-71-60-59(69)57(67)55(65)52(75-60)49-72-61-58(68)56(66)54(64)51(46-62)74-61/h5-8,11-14,17-20,22-23,25-26,28-29,33,35,39,41,50-52,54-62,64-69H,3-4,9-10,15-16,21,24,27,30-32,34,36-38,40,42-49H2,1-2H3/b7-5-,8-6-,13-11-,14-12-,19-17-,20-18-,23-22-,26-25-,29-28-,35-33-,41-39-. The number of carbonyl (C=O) groups is 1. The minimum absolute atomic E-state index is 0.00907. The van der Waals surface area contributed by atoms with E-state index in [0.717, 1.165) is 109 Å². The van der Waals surface area contributed by atoms with Gasteiger partial charge in [-0.05, 0) is 96.3 Å². The molecule has 0 aromatic rings. The molecule has 2 fully saturated rings. The van der Waals surface area contributed by atoms with Crippen LogP contribution in [0.2, 0.25) is 0 Å². The molecule has 0 amide bonds. The highest BCUT2D eigenvalue weighted by Crippen LogP contribution is 2.26. The molecule has 11 atom stereocenters. The Labute approximate surface area is 449 Å². The van der Waals surface area contributed by atoms with E-state index in [-0.39, 0.29) is 19.6 Å². The molecule has 0 aromatic heterocycles. The van der Waals surface area contributed by atoms with Crippen LogP contribution in [0.5, 0.6) is 0 Å². The number of ether oxygens (including phenoxy) is 6. The Balaban J connectivity index is 1.76. The predicted molar refractivity (Wildman–Crippen MR) is 297 cm³/mol. The van der Waals surface area contributed by atoms with E-state index in [1.54, 1.807) is 0 Å². The summed E-state index contributed by atoms with van der Waals surface area (Å²) in [6.07, 6.45) is 49.6. The summed E-state index contributed by atoms with van der Waals surface area (Å²) in [5, 5.41) is 72.3. The van der Waals surface area contributed by atoms with E-state index in [4.69, 9.17) is 28.4 Å². The van der Waals surface area contributed by atoms with Crippen molar-refractivity contribution >= 4 is 5.97 Å². The van der Waals surface area contributed by atoms with Gasteiger partial charge in [-0.15, -0.1) is 0 Å². The van der Waals surface area contributed by atoms with E-state index >= 15 is 0 Å². The average molecular weight is 1050 g/mol. The van der Waals surface area contributed by atoms with Crippen molar-refractivity contribution < 1.29 is 69.0 Å². The Morgan fingerprint density at radius 1 is 0.440 bits per heavy atom. The maximum absolute atomic E-state index is 13.1. The third-order valence-corrected chi connectivity index (χ3v) is 12.2. The third kappa shape index (κ3) is 33.1. The molecule has 2 aliphatic heterocycles. The number of allylic oxidation sites excluding steroid dienone is 21. The van der Waals surface area contributed by atoms with Gasteiger partial charge in [0.1, 0.15) is 54.9 Å². The Kier molecular flexibility index (Phi) is 41.5. The fourth-order valence-electron chi connectivity index (χ4n) is 7.76. The van der Waals surface area contributed by atoms with Gasteiger partial charge >= 0.3 is 5.97 Å². The van der Waals surface area contributed by atoms with Crippen LogP contribution in [0.3, 0.4) is 0 Å². The summed E-state index contributed by atoms with van der Waals surface area (Å²) in [6.45, 7) is 3.17. The summed E-state index contributed by atoms with van der Waals surface area (Å²) >= 11 is 0. The van der Waals surface area contributed by atoms with Gasteiger partial charge in [0, 0.05) is 6.42 Å². The zero-order valence-corrected chi connectivity index (χ0v) is 45.2. The van der Waals surface area contributed by atoms with Gasteiger partial charge in [0.25, 0.3) is 0 Å². The summed E-state index contributed by atoms with van der Waals surface area (Å²) in [5.74, 6) is -0.422. The molecule has 2 aliphatic rings. The molecule has 14 heteroatoms. The molecule has 2 heterocycles. The minimum atomic E-state index is -1.73. The number of unbranched alkanes of at least 4 members (excludes halogenated alkanes) is 6. The molecule has 14 nitrogen and oxygen atoms in total. The first-order chi connectivity index (χ1) is 36.6. The summed E-state index contributed by atoms with van der Waals surface area (Å²) < 4.78 is 34.2. The monoisotopic (exact) mass is 1050 g/mol. The highest BCUT2D eigenvalue weighted by atomic mass is 16.7. The van der Waals surface area contributed by atoms with Gasteiger partial charge in [-0.25, -0.2) is 0 Å². The van der Waals surface area contributed by atoms with Crippen LogP contribution in [0.15, 0.2) is 134 Å². The second kappa shape index (κ2) is 46.2. The van der Waals surface area contributed by atoms with Crippen molar-refractivity contribution in [3.8, 4) is 0 Å². The number of carbonyl (C=O) groups excluding carboxylic acids is 1. The van der Waals surface area contributed by atoms with Crippen LogP contribution >= 0.6 is 0 Å². The molecule has 0 radical (unpaired) electrons. The van der Waals surface area contributed by atoms with Crippen molar-refractivity contribution in [2.45, 2.75) is 210 Å². The fraction of sp³-hybridized carbons (Fsp3) is 0.623. The quantitative estimate of drug-likeness (QED) is 0.0172. The van der Waals surface area contributed by atoms with Gasteiger partial charge < -0.3 is 64.2 Å². The number of aliphatic hydroxyl groups excluding tert-OH is 7. The normalized spacial score (nSPS) is 25.7. The molecule has 7 N–H and O–H groups in total. The van der Waals surface area contributed by atoms with Gasteiger partial charge in [-0.2, -0.15) is 0 Å². The van der Waals surface area contributed by atoms with E-state index in [9.17, 15) is 40.5 Å². The van der Waals surface area contributed by atoms with Gasteiger partial charge in [0.15, 0.2) is 12.6 Å². The minimum Gasteiger partial charge on any atom is -0.457 e. The second-order valence-electron chi connectivity index (χ2n) is 18.6. The van der Waals surface area contributed by atoms with E-state index in [2.05, 4.69) is 141 Å². The van der Waals surface area contributed by atoms with Crippen LogP contribution in [-0.2, 0) is 33.2 Å². The SMILES string of the molecule is CC/C=C\C/C=C\C/C=C\C/C=C\C/C=C\C/C=C\CCCCCCCCC(=O)OC(COCC/C=C\C/C=C\C/C=C\C/C=C\C/C=C\CC)COC1OC(COC2OC(CO)C(O)C(O)C2O)C(O)C(O)C1O. The van der Waals surface area contributed by atoms with Crippen LogP contribution in [0.4, 0.5) is 0 Å². The molecule has 0 aromatic carbocycles. The highest BCUT2D eigenvalue weighted by molar-refractivity contribution is 5.69.